The average molecular weight is 422 g/mol. The van der Waals surface area contributed by atoms with E-state index in [4.69, 9.17) is 17.1 Å². The zero-order chi connectivity index (χ0) is 20.1. The van der Waals surface area contributed by atoms with E-state index >= 15 is 0 Å². The van der Waals surface area contributed by atoms with Gasteiger partial charge in [-0.2, -0.15) is 15.0 Å². The van der Waals surface area contributed by atoms with Crippen molar-refractivity contribution in [3.63, 3.8) is 0 Å². The number of thiazole rings is 1. The SMILES string of the molecule is CCNc1nc(O/N=C(\C)c2sc(=S)n(CC)c2C)nc(N2CCCCC2)n1. The van der Waals surface area contributed by atoms with Gasteiger partial charge >= 0.3 is 6.01 Å². The first-order valence-electron chi connectivity index (χ1n) is 9.70. The molecule has 0 atom stereocenters. The van der Waals surface area contributed by atoms with Crippen LogP contribution in [0.4, 0.5) is 11.9 Å². The van der Waals surface area contributed by atoms with Crippen LogP contribution in [0.1, 0.15) is 50.6 Å². The van der Waals surface area contributed by atoms with Gasteiger partial charge in [0.1, 0.15) is 0 Å². The topological polar surface area (TPSA) is 80.5 Å². The molecule has 0 amide bonds. The second kappa shape index (κ2) is 9.42. The maximum absolute atomic E-state index is 5.60. The molecule has 1 N–H and O–H groups in total. The average Bonchev–Trinajstić information content (AvgIpc) is 3.00. The number of nitrogens with one attached hydrogen (secondary N) is 1. The molecular formula is C18H27N7OS2. The van der Waals surface area contributed by atoms with Crippen molar-refractivity contribution in [2.24, 2.45) is 5.16 Å². The van der Waals surface area contributed by atoms with Gasteiger partial charge in [-0.1, -0.05) is 5.16 Å². The van der Waals surface area contributed by atoms with Crippen molar-refractivity contribution in [1.82, 2.24) is 19.5 Å². The predicted molar refractivity (Wildman–Crippen MR) is 116 cm³/mol. The lowest BCUT2D eigenvalue weighted by molar-refractivity contribution is 0.312. The van der Waals surface area contributed by atoms with Crippen LogP contribution in [0.15, 0.2) is 5.16 Å². The fourth-order valence-corrected chi connectivity index (χ4v) is 4.70. The van der Waals surface area contributed by atoms with E-state index in [2.05, 4.69) is 41.8 Å². The van der Waals surface area contributed by atoms with E-state index in [1.165, 1.54) is 17.8 Å². The van der Waals surface area contributed by atoms with Gasteiger partial charge in [-0.25, -0.2) is 0 Å². The molecule has 2 aromatic heterocycles. The Bertz CT molecular complexity index is 900. The summed E-state index contributed by atoms with van der Waals surface area (Å²) in [4.78, 5) is 22.1. The number of nitrogens with zero attached hydrogens (tertiary/aromatic N) is 6. The Labute approximate surface area is 174 Å². The maximum atomic E-state index is 5.60. The van der Waals surface area contributed by atoms with Crippen LogP contribution in [0.2, 0.25) is 0 Å². The molecule has 28 heavy (non-hydrogen) atoms. The summed E-state index contributed by atoms with van der Waals surface area (Å²) in [5.74, 6) is 1.14. The molecule has 0 saturated carbocycles. The largest absolute Gasteiger partial charge is 0.354 e. The fraction of sp³-hybridized carbons (Fsp3) is 0.611. The Morgan fingerprint density at radius 1 is 1.21 bits per heavy atom. The first kappa shape index (κ1) is 20.7. The molecule has 8 nitrogen and oxygen atoms in total. The predicted octanol–water partition coefficient (Wildman–Crippen LogP) is 4.02. The maximum Gasteiger partial charge on any atom is 0.352 e. The Morgan fingerprint density at radius 3 is 2.61 bits per heavy atom. The lowest BCUT2D eigenvalue weighted by atomic mass is 10.1. The van der Waals surface area contributed by atoms with Gasteiger partial charge in [0.15, 0.2) is 3.95 Å². The summed E-state index contributed by atoms with van der Waals surface area (Å²) >= 11 is 6.97. The van der Waals surface area contributed by atoms with Gasteiger partial charge < -0.3 is 19.6 Å². The molecule has 2 aromatic rings. The molecule has 0 aromatic carbocycles. The summed E-state index contributed by atoms with van der Waals surface area (Å²) in [7, 11) is 0. The summed E-state index contributed by atoms with van der Waals surface area (Å²) in [6.07, 6.45) is 3.54. The van der Waals surface area contributed by atoms with Gasteiger partial charge in [-0.3, -0.25) is 0 Å². The third-order valence-electron chi connectivity index (χ3n) is 4.63. The van der Waals surface area contributed by atoms with E-state index in [1.807, 2.05) is 20.8 Å². The minimum atomic E-state index is 0.196. The molecule has 3 heterocycles. The standard InChI is InChI=1S/C18H27N7OS2/c1-5-19-15-20-16(24-10-8-7-9-11-24)22-17(21-15)26-23-12(3)14-13(4)25(6-2)18(27)28-14/h5-11H2,1-4H3,(H,19,20,21,22)/b23-12+. The Balaban J connectivity index is 1.85. The van der Waals surface area contributed by atoms with Crippen molar-refractivity contribution in [3.05, 3.63) is 14.5 Å². The van der Waals surface area contributed by atoms with Crippen LogP contribution in [0, 0.1) is 10.9 Å². The summed E-state index contributed by atoms with van der Waals surface area (Å²) in [6.45, 7) is 11.5. The minimum absolute atomic E-state index is 0.196. The summed E-state index contributed by atoms with van der Waals surface area (Å²) in [6, 6.07) is 0.196. The lowest BCUT2D eigenvalue weighted by Gasteiger charge is -2.26. The van der Waals surface area contributed by atoms with E-state index in [0.29, 0.717) is 11.9 Å². The van der Waals surface area contributed by atoms with Gasteiger partial charge in [-0.15, -0.1) is 11.3 Å². The van der Waals surface area contributed by atoms with E-state index in [0.717, 1.165) is 59.3 Å². The van der Waals surface area contributed by atoms with Crippen molar-refractivity contribution >= 4 is 41.2 Å². The van der Waals surface area contributed by atoms with Crippen LogP contribution in [0.3, 0.4) is 0 Å². The van der Waals surface area contributed by atoms with Gasteiger partial charge in [0.2, 0.25) is 11.9 Å². The van der Waals surface area contributed by atoms with Crippen LogP contribution in [-0.2, 0) is 6.54 Å². The van der Waals surface area contributed by atoms with Crippen LogP contribution in [-0.4, -0.2) is 44.9 Å². The highest BCUT2D eigenvalue weighted by molar-refractivity contribution is 7.73. The van der Waals surface area contributed by atoms with Gasteiger partial charge in [0.05, 0.1) is 10.6 Å². The highest BCUT2D eigenvalue weighted by atomic mass is 32.1. The molecule has 152 valence electrons. The highest BCUT2D eigenvalue weighted by Gasteiger charge is 2.17. The normalized spacial score (nSPS) is 15.0. The molecule has 1 aliphatic rings. The van der Waals surface area contributed by atoms with Crippen molar-refractivity contribution in [1.29, 1.82) is 0 Å². The van der Waals surface area contributed by atoms with Crippen LogP contribution in [0.5, 0.6) is 6.01 Å². The Morgan fingerprint density at radius 2 is 1.96 bits per heavy atom. The number of aromatic nitrogens is 4. The van der Waals surface area contributed by atoms with E-state index in [1.54, 1.807) is 0 Å². The van der Waals surface area contributed by atoms with Crippen molar-refractivity contribution < 1.29 is 4.84 Å². The third kappa shape index (κ3) is 4.67. The zero-order valence-electron chi connectivity index (χ0n) is 16.9. The van der Waals surface area contributed by atoms with E-state index in [-0.39, 0.29) is 6.01 Å². The molecule has 0 unspecified atom stereocenters. The lowest BCUT2D eigenvalue weighted by Crippen LogP contribution is -2.31. The molecule has 0 bridgehead atoms. The Hall–Kier alpha value is -2.07. The molecule has 1 aliphatic heterocycles. The van der Waals surface area contributed by atoms with Gasteiger partial charge in [-0.05, 0) is 59.2 Å². The third-order valence-corrected chi connectivity index (χ3v) is 6.29. The molecular weight excluding hydrogens is 394 g/mol. The second-order valence-corrected chi connectivity index (χ2v) is 8.26. The molecule has 10 heteroatoms. The number of oxime groups is 1. The number of piperidine rings is 1. The van der Waals surface area contributed by atoms with E-state index < -0.39 is 0 Å². The van der Waals surface area contributed by atoms with Crippen molar-refractivity contribution in [2.45, 2.75) is 53.5 Å². The molecule has 0 aliphatic carbocycles. The van der Waals surface area contributed by atoms with Crippen LogP contribution >= 0.6 is 23.6 Å². The zero-order valence-corrected chi connectivity index (χ0v) is 18.5. The van der Waals surface area contributed by atoms with Crippen molar-refractivity contribution in [2.75, 3.05) is 29.9 Å². The number of rotatable bonds is 7. The monoisotopic (exact) mass is 421 g/mol. The number of hydrogen-bond donors (Lipinski definition) is 1. The number of hydrogen-bond acceptors (Lipinski definition) is 9. The first-order chi connectivity index (χ1) is 13.5. The van der Waals surface area contributed by atoms with Gasteiger partial charge in [0.25, 0.3) is 0 Å². The summed E-state index contributed by atoms with van der Waals surface area (Å²) in [5, 5.41) is 7.41. The van der Waals surface area contributed by atoms with Gasteiger partial charge in [0, 0.05) is 31.9 Å². The van der Waals surface area contributed by atoms with Crippen LogP contribution in [0.25, 0.3) is 0 Å². The number of anilines is 2. The quantitative estimate of drug-likeness (QED) is 0.411. The van der Waals surface area contributed by atoms with Crippen molar-refractivity contribution in [3.8, 4) is 6.01 Å². The molecule has 0 spiro atoms. The first-order valence-corrected chi connectivity index (χ1v) is 10.9. The Kier molecular flexibility index (Phi) is 6.95. The van der Waals surface area contributed by atoms with E-state index in [9.17, 15) is 0 Å². The second-order valence-electron chi connectivity index (χ2n) is 6.61. The fourth-order valence-electron chi connectivity index (χ4n) is 3.19. The molecule has 1 fully saturated rings. The molecule has 0 radical (unpaired) electrons. The smallest absolute Gasteiger partial charge is 0.352 e. The molecule has 3 rings (SSSR count). The summed E-state index contributed by atoms with van der Waals surface area (Å²) < 4.78 is 2.93. The summed E-state index contributed by atoms with van der Waals surface area (Å²) in [5.41, 5.74) is 1.85. The molecule has 1 saturated heterocycles. The minimum Gasteiger partial charge on any atom is -0.354 e. The highest BCUT2D eigenvalue weighted by Crippen LogP contribution is 2.22. The van der Waals surface area contributed by atoms with Crippen LogP contribution < -0.4 is 15.1 Å².